The average molecular weight is 444 g/mol. The van der Waals surface area contributed by atoms with Gasteiger partial charge in [0.15, 0.2) is 5.75 Å². The van der Waals surface area contributed by atoms with Crippen LogP contribution in [0.15, 0.2) is 41.3 Å². The van der Waals surface area contributed by atoms with Crippen molar-refractivity contribution in [2.24, 2.45) is 0 Å². The largest absolute Gasteiger partial charge is 0.431 e. The van der Waals surface area contributed by atoms with E-state index in [1.54, 1.807) is 12.3 Å². The Labute approximate surface area is 169 Å². The minimum absolute atomic E-state index is 0.0754. The SMILES string of the molecule is O=[N+]([O-])c1c(Oc2ccc(Br)c3cccnc23)ncnc1N1CCCCCC1. The first kappa shape index (κ1) is 18.5. The summed E-state index contributed by atoms with van der Waals surface area (Å²) in [7, 11) is 0. The van der Waals surface area contributed by atoms with Crippen LogP contribution >= 0.6 is 15.9 Å². The Bertz CT molecular complexity index is 1020. The van der Waals surface area contributed by atoms with E-state index >= 15 is 0 Å². The highest BCUT2D eigenvalue weighted by Crippen LogP contribution is 2.39. The average Bonchev–Trinajstić information content (AvgIpc) is 2.99. The van der Waals surface area contributed by atoms with Crippen molar-refractivity contribution in [2.75, 3.05) is 18.0 Å². The summed E-state index contributed by atoms with van der Waals surface area (Å²) in [4.78, 5) is 26.0. The van der Waals surface area contributed by atoms with Crippen molar-refractivity contribution in [3.8, 4) is 11.6 Å². The summed E-state index contributed by atoms with van der Waals surface area (Å²) < 4.78 is 6.77. The van der Waals surface area contributed by atoms with Gasteiger partial charge >= 0.3 is 11.6 Å². The third-order valence-electron chi connectivity index (χ3n) is 4.74. The second-order valence-corrected chi connectivity index (χ2v) is 7.41. The van der Waals surface area contributed by atoms with Gasteiger partial charge in [-0.3, -0.25) is 15.1 Å². The van der Waals surface area contributed by atoms with Crippen LogP contribution in [0.5, 0.6) is 11.6 Å². The lowest BCUT2D eigenvalue weighted by Gasteiger charge is -2.21. The van der Waals surface area contributed by atoms with Crippen LogP contribution in [0, 0.1) is 10.1 Å². The van der Waals surface area contributed by atoms with E-state index in [0.717, 1.165) is 48.6 Å². The van der Waals surface area contributed by atoms with Gasteiger partial charge in [-0.2, -0.15) is 4.98 Å². The fourth-order valence-electron chi connectivity index (χ4n) is 3.40. The summed E-state index contributed by atoms with van der Waals surface area (Å²) >= 11 is 3.49. The monoisotopic (exact) mass is 443 g/mol. The molecule has 4 rings (SSSR count). The summed E-state index contributed by atoms with van der Waals surface area (Å²) in [6.07, 6.45) is 7.18. The van der Waals surface area contributed by atoms with E-state index in [4.69, 9.17) is 4.74 Å². The van der Waals surface area contributed by atoms with E-state index in [2.05, 4.69) is 30.9 Å². The third kappa shape index (κ3) is 3.62. The Morgan fingerprint density at radius 1 is 1.07 bits per heavy atom. The molecule has 1 aromatic carbocycles. The lowest BCUT2D eigenvalue weighted by atomic mass is 10.2. The number of nitro groups is 1. The number of rotatable bonds is 4. The van der Waals surface area contributed by atoms with Gasteiger partial charge in [0, 0.05) is 29.1 Å². The molecule has 0 N–H and O–H groups in total. The molecule has 3 aromatic rings. The van der Waals surface area contributed by atoms with E-state index in [0.29, 0.717) is 17.1 Å². The maximum Gasteiger partial charge on any atom is 0.373 e. The standard InChI is InChI=1S/C19H18BrN5O3/c20-14-7-8-15(16-13(14)6-5-9-21-16)28-19-17(25(26)27)18(22-12-23-19)24-10-3-1-2-4-11-24/h5-9,12H,1-4,10-11H2. The highest BCUT2D eigenvalue weighted by Gasteiger charge is 2.29. The maximum atomic E-state index is 11.9. The molecule has 0 unspecified atom stereocenters. The van der Waals surface area contributed by atoms with Gasteiger partial charge in [-0.1, -0.05) is 34.8 Å². The highest BCUT2D eigenvalue weighted by molar-refractivity contribution is 9.10. The van der Waals surface area contributed by atoms with Crippen LogP contribution in [0.4, 0.5) is 11.5 Å². The predicted octanol–water partition coefficient (Wildman–Crippen LogP) is 4.87. The lowest BCUT2D eigenvalue weighted by molar-refractivity contribution is -0.385. The van der Waals surface area contributed by atoms with E-state index < -0.39 is 4.92 Å². The molecular weight excluding hydrogens is 426 g/mol. The van der Waals surface area contributed by atoms with Crippen molar-refractivity contribution < 1.29 is 9.66 Å². The van der Waals surface area contributed by atoms with Crippen LogP contribution in [0.1, 0.15) is 25.7 Å². The summed E-state index contributed by atoms with van der Waals surface area (Å²) in [6, 6.07) is 7.26. The van der Waals surface area contributed by atoms with E-state index in [9.17, 15) is 10.1 Å². The number of fused-ring (bicyclic) bond motifs is 1. The van der Waals surface area contributed by atoms with Crippen molar-refractivity contribution in [2.45, 2.75) is 25.7 Å². The van der Waals surface area contributed by atoms with Gasteiger partial charge in [0.05, 0.1) is 4.92 Å². The first-order chi connectivity index (χ1) is 13.6. The Morgan fingerprint density at radius 2 is 1.86 bits per heavy atom. The van der Waals surface area contributed by atoms with Crippen LogP contribution in [-0.2, 0) is 0 Å². The number of benzene rings is 1. The molecule has 1 aliphatic heterocycles. The van der Waals surface area contributed by atoms with Crippen molar-refractivity contribution in [1.29, 1.82) is 0 Å². The molecule has 0 spiro atoms. The third-order valence-corrected chi connectivity index (χ3v) is 5.44. The molecule has 0 saturated carbocycles. The van der Waals surface area contributed by atoms with Crippen molar-refractivity contribution in [1.82, 2.24) is 15.0 Å². The molecule has 1 fully saturated rings. The van der Waals surface area contributed by atoms with E-state index in [1.165, 1.54) is 6.33 Å². The summed E-state index contributed by atoms with van der Waals surface area (Å²) in [5.41, 5.74) is 0.387. The van der Waals surface area contributed by atoms with E-state index in [1.807, 2.05) is 23.1 Å². The number of aromatic nitrogens is 3. The zero-order valence-electron chi connectivity index (χ0n) is 15.0. The molecule has 28 heavy (non-hydrogen) atoms. The topological polar surface area (TPSA) is 94.3 Å². The van der Waals surface area contributed by atoms with Crippen molar-refractivity contribution >= 4 is 38.3 Å². The number of anilines is 1. The number of halogens is 1. The smallest absolute Gasteiger partial charge is 0.373 e. The number of nitrogens with zero attached hydrogens (tertiary/aromatic N) is 5. The second-order valence-electron chi connectivity index (χ2n) is 6.56. The molecule has 8 nitrogen and oxygen atoms in total. The van der Waals surface area contributed by atoms with Gasteiger partial charge in [0.25, 0.3) is 0 Å². The molecule has 0 amide bonds. The summed E-state index contributed by atoms with van der Waals surface area (Å²) in [5.74, 6) is 0.641. The molecule has 0 radical (unpaired) electrons. The Balaban J connectivity index is 1.77. The van der Waals surface area contributed by atoms with Gasteiger partial charge < -0.3 is 9.64 Å². The quantitative estimate of drug-likeness (QED) is 0.419. The molecule has 9 heteroatoms. The molecule has 144 valence electrons. The predicted molar refractivity (Wildman–Crippen MR) is 109 cm³/mol. The zero-order valence-corrected chi connectivity index (χ0v) is 16.6. The van der Waals surface area contributed by atoms with Crippen molar-refractivity contribution in [3.05, 3.63) is 51.4 Å². The number of pyridine rings is 1. The summed E-state index contributed by atoms with van der Waals surface area (Å²) in [6.45, 7) is 1.47. The molecule has 3 heterocycles. The fourth-order valence-corrected chi connectivity index (χ4v) is 3.85. The minimum atomic E-state index is -0.468. The zero-order chi connectivity index (χ0) is 19.5. The number of hydrogen-bond acceptors (Lipinski definition) is 7. The molecule has 0 atom stereocenters. The Hall–Kier alpha value is -2.81. The minimum Gasteiger partial charge on any atom is -0.431 e. The fraction of sp³-hybridized carbons (Fsp3) is 0.316. The van der Waals surface area contributed by atoms with Crippen LogP contribution in [0.3, 0.4) is 0 Å². The first-order valence-electron chi connectivity index (χ1n) is 9.10. The molecule has 0 bridgehead atoms. The number of ether oxygens (including phenoxy) is 1. The van der Waals surface area contributed by atoms with E-state index in [-0.39, 0.29) is 11.6 Å². The molecule has 2 aromatic heterocycles. The van der Waals surface area contributed by atoms with Crippen molar-refractivity contribution in [3.63, 3.8) is 0 Å². The molecular formula is C19H18BrN5O3. The highest BCUT2D eigenvalue weighted by atomic mass is 79.9. The maximum absolute atomic E-state index is 11.9. The second kappa shape index (κ2) is 8.05. The van der Waals surface area contributed by atoms with Gasteiger partial charge in [0.1, 0.15) is 11.8 Å². The summed E-state index contributed by atoms with van der Waals surface area (Å²) in [5, 5.41) is 12.7. The molecule has 0 aliphatic carbocycles. The molecule has 1 aliphatic rings. The molecule has 1 saturated heterocycles. The lowest BCUT2D eigenvalue weighted by Crippen LogP contribution is -2.26. The van der Waals surface area contributed by atoms with Crippen LogP contribution < -0.4 is 9.64 Å². The number of hydrogen-bond donors (Lipinski definition) is 0. The Morgan fingerprint density at radius 3 is 2.61 bits per heavy atom. The van der Waals surface area contributed by atoms with Gasteiger partial charge in [0.2, 0.25) is 5.82 Å². The van der Waals surface area contributed by atoms with Gasteiger partial charge in [-0.05, 0) is 31.0 Å². The van der Waals surface area contributed by atoms with Gasteiger partial charge in [-0.15, -0.1) is 0 Å². The normalized spacial score (nSPS) is 14.7. The van der Waals surface area contributed by atoms with Crippen LogP contribution in [0.2, 0.25) is 0 Å². The Kier molecular flexibility index (Phi) is 5.34. The van der Waals surface area contributed by atoms with Crippen LogP contribution in [0.25, 0.3) is 10.9 Å². The van der Waals surface area contributed by atoms with Gasteiger partial charge in [-0.25, -0.2) is 4.98 Å². The first-order valence-corrected chi connectivity index (χ1v) is 9.90. The van der Waals surface area contributed by atoms with Crippen LogP contribution in [-0.4, -0.2) is 33.0 Å².